The fraction of sp³-hybridized carbons (Fsp3) is 0.400. The first-order chi connectivity index (χ1) is 16.3. The number of nitrogens with zero attached hydrogens (tertiary/aromatic N) is 5. The third kappa shape index (κ3) is 4.78. The quantitative estimate of drug-likeness (QED) is 0.605. The van der Waals surface area contributed by atoms with Gasteiger partial charge in [-0.15, -0.1) is 0 Å². The molecule has 178 valence electrons. The normalized spacial score (nSPS) is 14.6. The fourth-order valence-corrected chi connectivity index (χ4v) is 4.20. The van der Waals surface area contributed by atoms with E-state index in [1.165, 1.54) is 0 Å². The van der Waals surface area contributed by atoms with Gasteiger partial charge < -0.3 is 20.1 Å². The summed E-state index contributed by atoms with van der Waals surface area (Å²) in [7, 11) is 1.57. The van der Waals surface area contributed by atoms with E-state index in [0.29, 0.717) is 24.7 Å². The van der Waals surface area contributed by atoms with Gasteiger partial charge in [0.1, 0.15) is 11.9 Å². The van der Waals surface area contributed by atoms with E-state index in [0.717, 1.165) is 30.0 Å². The summed E-state index contributed by atoms with van der Waals surface area (Å²) in [5, 5.41) is 5.59. The minimum Gasteiger partial charge on any atom is -0.357 e. The molecule has 0 radical (unpaired) electrons. The van der Waals surface area contributed by atoms with E-state index in [9.17, 15) is 9.59 Å². The highest BCUT2D eigenvalue weighted by Gasteiger charge is 2.35. The predicted molar refractivity (Wildman–Crippen MR) is 130 cm³/mol. The lowest BCUT2D eigenvalue weighted by Gasteiger charge is -2.29. The van der Waals surface area contributed by atoms with E-state index in [1.54, 1.807) is 25.5 Å². The molecule has 0 saturated carbocycles. The standard InChI is InChI=1S/C25H31N7O2/c1-25(2,3)20(23(34)26-4)30-22(33)19-18-16-31(24-27-12-8-13-28-24)14-9-15-32(18)21(29-19)17-10-6-5-7-11-17/h5-8,10-13,20H,9,14-16H2,1-4H3,(H,26,34)(H,30,33)/t20-/m1/s1. The summed E-state index contributed by atoms with van der Waals surface area (Å²) >= 11 is 0. The number of amides is 2. The Morgan fingerprint density at radius 2 is 1.74 bits per heavy atom. The Labute approximate surface area is 199 Å². The van der Waals surface area contributed by atoms with Gasteiger partial charge in [-0.25, -0.2) is 15.0 Å². The van der Waals surface area contributed by atoms with Gasteiger partial charge in [-0.05, 0) is 17.9 Å². The molecular weight excluding hydrogens is 430 g/mol. The maximum Gasteiger partial charge on any atom is 0.272 e. The molecule has 34 heavy (non-hydrogen) atoms. The van der Waals surface area contributed by atoms with Crippen molar-refractivity contribution in [1.82, 2.24) is 30.2 Å². The first kappa shape index (κ1) is 23.4. The molecule has 9 heteroatoms. The number of carbonyl (C=O) groups excluding carboxylic acids is 2. The highest BCUT2D eigenvalue weighted by atomic mass is 16.2. The molecular formula is C25H31N7O2. The SMILES string of the molecule is CNC(=O)[C@@H](NC(=O)c1nc(-c2ccccc2)n2c1CN(c1ncccn1)CCC2)C(C)(C)C. The molecule has 0 saturated heterocycles. The van der Waals surface area contributed by atoms with Crippen molar-refractivity contribution in [2.45, 2.75) is 46.3 Å². The summed E-state index contributed by atoms with van der Waals surface area (Å²) in [4.78, 5) is 41.8. The van der Waals surface area contributed by atoms with Gasteiger partial charge in [0.25, 0.3) is 5.91 Å². The summed E-state index contributed by atoms with van der Waals surface area (Å²) < 4.78 is 2.11. The number of carbonyl (C=O) groups is 2. The number of aromatic nitrogens is 4. The van der Waals surface area contributed by atoms with Crippen molar-refractivity contribution in [2.24, 2.45) is 5.41 Å². The molecule has 0 spiro atoms. The van der Waals surface area contributed by atoms with Gasteiger partial charge in [0, 0.05) is 38.1 Å². The number of hydrogen-bond acceptors (Lipinski definition) is 6. The Bertz CT molecular complexity index is 1150. The average molecular weight is 462 g/mol. The minimum absolute atomic E-state index is 0.242. The summed E-state index contributed by atoms with van der Waals surface area (Å²) in [5.41, 5.74) is 1.56. The zero-order valence-corrected chi connectivity index (χ0v) is 20.1. The van der Waals surface area contributed by atoms with Crippen LogP contribution in [0.1, 0.15) is 43.4 Å². The summed E-state index contributed by atoms with van der Waals surface area (Å²) in [6.45, 7) is 7.66. The molecule has 0 fully saturated rings. The number of rotatable bonds is 5. The highest BCUT2D eigenvalue weighted by molar-refractivity contribution is 5.98. The number of nitrogens with one attached hydrogen (secondary N) is 2. The Balaban J connectivity index is 1.77. The minimum atomic E-state index is -0.707. The Morgan fingerprint density at radius 1 is 1.03 bits per heavy atom. The zero-order chi connectivity index (χ0) is 24.3. The van der Waals surface area contributed by atoms with Crippen molar-refractivity contribution in [3.63, 3.8) is 0 Å². The average Bonchev–Trinajstić information content (AvgIpc) is 3.05. The maximum atomic E-state index is 13.6. The van der Waals surface area contributed by atoms with Gasteiger partial charge in [-0.3, -0.25) is 9.59 Å². The van der Waals surface area contributed by atoms with Crippen molar-refractivity contribution >= 4 is 17.8 Å². The first-order valence-electron chi connectivity index (χ1n) is 11.5. The molecule has 0 bridgehead atoms. The van der Waals surface area contributed by atoms with Crippen LogP contribution in [0.3, 0.4) is 0 Å². The number of imidazole rings is 1. The van der Waals surface area contributed by atoms with Crippen LogP contribution in [-0.2, 0) is 17.9 Å². The predicted octanol–water partition coefficient (Wildman–Crippen LogP) is 2.64. The molecule has 2 N–H and O–H groups in total. The molecule has 3 heterocycles. The van der Waals surface area contributed by atoms with Gasteiger partial charge in [0.15, 0.2) is 5.69 Å². The van der Waals surface area contributed by atoms with Gasteiger partial charge in [0.2, 0.25) is 11.9 Å². The van der Waals surface area contributed by atoms with E-state index >= 15 is 0 Å². The van der Waals surface area contributed by atoms with Gasteiger partial charge in [-0.2, -0.15) is 0 Å². The molecule has 2 aromatic heterocycles. The van der Waals surface area contributed by atoms with Crippen LogP contribution in [0.25, 0.3) is 11.4 Å². The lowest BCUT2D eigenvalue weighted by atomic mass is 9.86. The van der Waals surface area contributed by atoms with Gasteiger partial charge >= 0.3 is 0 Å². The van der Waals surface area contributed by atoms with E-state index in [4.69, 9.17) is 4.98 Å². The number of likely N-dealkylation sites (N-methyl/N-ethyl adjacent to an activating group) is 1. The molecule has 9 nitrogen and oxygen atoms in total. The van der Waals surface area contributed by atoms with Gasteiger partial charge in [0.05, 0.1) is 12.2 Å². The van der Waals surface area contributed by atoms with Crippen LogP contribution in [0.4, 0.5) is 5.95 Å². The number of anilines is 1. The van der Waals surface area contributed by atoms with E-state index < -0.39 is 11.5 Å². The van der Waals surface area contributed by atoms with Crippen LogP contribution < -0.4 is 15.5 Å². The van der Waals surface area contributed by atoms with E-state index in [-0.39, 0.29) is 11.8 Å². The lowest BCUT2D eigenvalue weighted by Crippen LogP contribution is -2.53. The molecule has 1 aliphatic rings. The maximum absolute atomic E-state index is 13.6. The first-order valence-corrected chi connectivity index (χ1v) is 11.5. The fourth-order valence-electron chi connectivity index (χ4n) is 4.20. The largest absolute Gasteiger partial charge is 0.357 e. The van der Waals surface area contributed by atoms with Crippen LogP contribution in [0.5, 0.6) is 0 Å². The second kappa shape index (κ2) is 9.62. The number of hydrogen-bond donors (Lipinski definition) is 2. The van der Waals surface area contributed by atoms with Crippen molar-refractivity contribution in [2.75, 3.05) is 18.5 Å². The Kier molecular flexibility index (Phi) is 6.63. The summed E-state index contributed by atoms with van der Waals surface area (Å²) in [6.07, 6.45) is 4.28. The number of benzene rings is 1. The topological polar surface area (TPSA) is 105 Å². The van der Waals surface area contributed by atoms with E-state index in [2.05, 4.69) is 30.1 Å². The molecule has 1 aliphatic heterocycles. The zero-order valence-electron chi connectivity index (χ0n) is 20.1. The van der Waals surface area contributed by atoms with Crippen LogP contribution in [0.15, 0.2) is 48.8 Å². The summed E-state index contributed by atoms with van der Waals surface area (Å²) in [6, 6.07) is 10.9. The van der Waals surface area contributed by atoms with Crippen LogP contribution in [-0.4, -0.2) is 51.0 Å². The van der Waals surface area contributed by atoms with Crippen molar-refractivity contribution in [3.05, 3.63) is 60.2 Å². The second-order valence-electron chi connectivity index (χ2n) is 9.46. The van der Waals surface area contributed by atoms with Crippen molar-refractivity contribution in [3.8, 4) is 11.4 Å². The molecule has 0 unspecified atom stereocenters. The van der Waals surface area contributed by atoms with Gasteiger partial charge in [-0.1, -0.05) is 51.1 Å². The molecule has 2 amide bonds. The van der Waals surface area contributed by atoms with Crippen molar-refractivity contribution < 1.29 is 9.59 Å². The molecule has 3 aromatic rings. The molecule has 4 rings (SSSR count). The van der Waals surface area contributed by atoms with Crippen molar-refractivity contribution in [1.29, 1.82) is 0 Å². The summed E-state index contributed by atoms with van der Waals surface area (Å²) in [5.74, 6) is 0.741. The molecule has 1 atom stereocenters. The van der Waals surface area contributed by atoms with Crippen LogP contribution >= 0.6 is 0 Å². The third-order valence-electron chi connectivity index (χ3n) is 5.96. The molecule has 0 aliphatic carbocycles. The smallest absolute Gasteiger partial charge is 0.272 e. The van der Waals surface area contributed by atoms with E-state index in [1.807, 2.05) is 51.1 Å². The number of fused-ring (bicyclic) bond motifs is 1. The lowest BCUT2D eigenvalue weighted by molar-refractivity contribution is -0.124. The van der Waals surface area contributed by atoms with Crippen LogP contribution in [0, 0.1) is 5.41 Å². The monoisotopic (exact) mass is 461 g/mol. The Hall–Kier alpha value is -3.75. The third-order valence-corrected chi connectivity index (χ3v) is 5.96. The Morgan fingerprint density at radius 3 is 2.38 bits per heavy atom. The highest BCUT2D eigenvalue weighted by Crippen LogP contribution is 2.28. The molecule has 1 aromatic carbocycles. The van der Waals surface area contributed by atoms with Crippen LogP contribution in [0.2, 0.25) is 0 Å². The second-order valence-corrected chi connectivity index (χ2v) is 9.46.